The average Bonchev–Trinajstić information content (AvgIpc) is 1.63. The number of carboxylic acid groups (broad SMARTS) is 1. The minimum absolute atomic E-state index is 1.36. The summed E-state index contributed by atoms with van der Waals surface area (Å²) in [4.78, 5) is 9.55. The van der Waals surface area contributed by atoms with E-state index in [9.17, 15) is 17.7 Å². The molecule has 0 spiro atoms. The Balaban J connectivity index is 4.06. The fourth-order valence-electron chi connectivity index (χ4n) is 0.173. The van der Waals surface area contributed by atoms with Crippen LogP contribution < -0.4 is 0 Å². The third-order valence-electron chi connectivity index (χ3n) is 0.396. The van der Waals surface area contributed by atoms with E-state index in [0.29, 0.717) is 0 Å². The average molecular weight is 158 g/mol. The highest BCUT2D eigenvalue weighted by Crippen LogP contribution is 1.91. The molecule has 0 radical (unpaired) electrons. The van der Waals surface area contributed by atoms with Crippen LogP contribution in [0.25, 0.3) is 0 Å². The van der Waals surface area contributed by atoms with Crippen molar-refractivity contribution in [3.8, 4) is 0 Å². The van der Waals surface area contributed by atoms with Gasteiger partial charge >= 0.3 is 16.1 Å². The second-order valence-corrected chi connectivity index (χ2v) is 2.69. The van der Waals surface area contributed by atoms with Gasteiger partial charge in [0.15, 0.2) is 5.75 Å². The maximum absolute atomic E-state index is 10.8. The summed E-state index contributed by atoms with van der Waals surface area (Å²) in [5, 5.41) is 7.75. The second-order valence-electron chi connectivity index (χ2n) is 1.16. The molecule has 5 nitrogen and oxygen atoms in total. The predicted molar refractivity (Wildman–Crippen MR) is 23.6 cm³/mol. The normalized spacial score (nSPS) is 11.2. The van der Waals surface area contributed by atoms with Gasteiger partial charge < -0.3 is 5.11 Å². The molecule has 0 amide bonds. The molecule has 1 N–H and O–H groups in total. The van der Waals surface area contributed by atoms with Crippen LogP contribution in [-0.4, -0.2) is 25.2 Å². The smallest absolute Gasteiger partial charge is 0.321 e. The standard InChI is InChI=1S/C2H3FO5S/c3-8-9(6,7)1-2(4)5/h1H2,(H,4,5). The molecule has 0 saturated heterocycles. The van der Waals surface area contributed by atoms with Crippen LogP contribution in [0.3, 0.4) is 0 Å². The van der Waals surface area contributed by atoms with Gasteiger partial charge in [-0.05, 0) is 4.53 Å². The van der Waals surface area contributed by atoms with E-state index in [2.05, 4.69) is 4.39 Å². The summed E-state index contributed by atoms with van der Waals surface area (Å²) in [5.74, 6) is -3.02. The molecule has 0 rings (SSSR count). The third-order valence-corrected chi connectivity index (χ3v) is 1.19. The van der Waals surface area contributed by atoms with E-state index < -0.39 is 21.8 Å². The van der Waals surface area contributed by atoms with E-state index in [1.165, 1.54) is 0 Å². The van der Waals surface area contributed by atoms with Gasteiger partial charge in [-0.25, -0.2) is 0 Å². The van der Waals surface area contributed by atoms with E-state index in [0.717, 1.165) is 0 Å². The largest absolute Gasteiger partial charge is 0.480 e. The molecule has 0 heterocycles. The first-order valence-corrected chi connectivity index (χ1v) is 3.30. The van der Waals surface area contributed by atoms with Gasteiger partial charge in [-0.1, -0.05) is 4.39 Å². The Morgan fingerprint density at radius 2 is 2.11 bits per heavy atom. The summed E-state index contributed by atoms with van der Waals surface area (Å²) < 4.78 is 32.8. The molecule has 0 aliphatic heterocycles. The van der Waals surface area contributed by atoms with Crippen molar-refractivity contribution in [3.05, 3.63) is 0 Å². The van der Waals surface area contributed by atoms with Crippen LogP contribution >= 0.6 is 0 Å². The van der Waals surface area contributed by atoms with Crippen LogP contribution in [0.15, 0.2) is 0 Å². The van der Waals surface area contributed by atoms with Crippen LogP contribution in [0.2, 0.25) is 0 Å². The zero-order valence-corrected chi connectivity index (χ0v) is 4.89. The highest BCUT2D eigenvalue weighted by Gasteiger charge is 2.16. The molecular formula is C2H3FO5S. The highest BCUT2D eigenvalue weighted by molar-refractivity contribution is 7.87. The van der Waals surface area contributed by atoms with Crippen LogP contribution in [0, 0.1) is 0 Å². The molecule has 0 aromatic heterocycles. The number of carbonyl (C=O) groups is 1. The summed E-state index contributed by atoms with van der Waals surface area (Å²) in [6.45, 7) is 0. The monoisotopic (exact) mass is 158 g/mol. The molecule has 0 fully saturated rings. The van der Waals surface area contributed by atoms with Crippen LogP contribution in [0.4, 0.5) is 4.53 Å². The zero-order chi connectivity index (χ0) is 7.49. The molecule has 0 saturated carbocycles. The fourth-order valence-corrected chi connectivity index (χ4v) is 0.520. The van der Waals surface area contributed by atoms with Gasteiger partial charge in [-0.2, -0.15) is 8.42 Å². The van der Waals surface area contributed by atoms with Crippen molar-refractivity contribution in [3.63, 3.8) is 0 Å². The van der Waals surface area contributed by atoms with Gasteiger partial charge in [0, 0.05) is 0 Å². The molecule has 0 unspecified atom stereocenters. The lowest BCUT2D eigenvalue weighted by Gasteiger charge is -1.88. The van der Waals surface area contributed by atoms with E-state index >= 15 is 0 Å². The fraction of sp³-hybridized carbons (Fsp3) is 0.500. The van der Waals surface area contributed by atoms with E-state index in [1.807, 2.05) is 0 Å². The topological polar surface area (TPSA) is 80.7 Å². The van der Waals surface area contributed by atoms with Gasteiger partial charge in [0.2, 0.25) is 0 Å². The Labute approximate surface area is 50.1 Å². The summed E-state index contributed by atoms with van der Waals surface area (Å²) in [6.07, 6.45) is 0. The van der Waals surface area contributed by atoms with Crippen molar-refractivity contribution in [2.45, 2.75) is 0 Å². The lowest BCUT2D eigenvalue weighted by atomic mass is 10.8. The van der Waals surface area contributed by atoms with Crippen LogP contribution in [0.1, 0.15) is 0 Å². The van der Waals surface area contributed by atoms with Gasteiger partial charge in [0.05, 0.1) is 0 Å². The van der Waals surface area contributed by atoms with Crippen LogP contribution in [-0.2, 0) is 19.3 Å². The predicted octanol–water partition coefficient (Wildman–Crippen LogP) is -0.698. The third kappa shape index (κ3) is 3.86. The first-order valence-electron chi connectivity index (χ1n) is 1.72. The number of hydrogen-bond donors (Lipinski definition) is 1. The Hall–Kier alpha value is -0.690. The molecule has 54 valence electrons. The van der Waals surface area contributed by atoms with Crippen molar-refractivity contribution in [1.82, 2.24) is 0 Å². The number of rotatable bonds is 3. The number of hydrogen-bond acceptors (Lipinski definition) is 4. The van der Waals surface area contributed by atoms with E-state index in [1.54, 1.807) is 0 Å². The zero-order valence-electron chi connectivity index (χ0n) is 4.07. The Morgan fingerprint density at radius 3 is 2.22 bits per heavy atom. The molecule has 0 aliphatic carbocycles. The molecule has 0 atom stereocenters. The summed E-state index contributed by atoms with van der Waals surface area (Å²) >= 11 is 0. The number of halogens is 1. The SMILES string of the molecule is O=C(O)CS(=O)(=O)OF. The summed E-state index contributed by atoms with van der Waals surface area (Å²) in [7, 11) is -4.48. The maximum atomic E-state index is 10.8. The lowest BCUT2D eigenvalue weighted by Crippen LogP contribution is -2.14. The van der Waals surface area contributed by atoms with Crippen molar-refractivity contribution < 1.29 is 27.2 Å². The van der Waals surface area contributed by atoms with Crippen molar-refractivity contribution in [1.29, 1.82) is 0 Å². The van der Waals surface area contributed by atoms with Gasteiger partial charge in [0.1, 0.15) is 0 Å². The lowest BCUT2D eigenvalue weighted by molar-refractivity contribution is -0.134. The van der Waals surface area contributed by atoms with Gasteiger partial charge in [-0.15, -0.1) is 0 Å². The first-order chi connectivity index (χ1) is 3.98. The Kier molecular flexibility index (Phi) is 2.53. The van der Waals surface area contributed by atoms with Crippen molar-refractivity contribution in [2.24, 2.45) is 0 Å². The van der Waals surface area contributed by atoms with Gasteiger partial charge in [-0.3, -0.25) is 4.79 Å². The molecule has 0 aromatic carbocycles. The highest BCUT2D eigenvalue weighted by atomic mass is 32.2. The molecule has 7 heteroatoms. The van der Waals surface area contributed by atoms with Crippen LogP contribution in [0.5, 0.6) is 0 Å². The van der Waals surface area contributed by atoms with Crippen molar-refractivity contribution in [2.75, 3.05) is 5.75 Å². The first kappa shape index (κ1) is 8.31. The molecule has 0 aliphatic rings. The quantitative estimate of drug-likeness (QED) is 0.587. The number of aliphatic carboxylic acids is 1. The molecular weight excluding hydrogens is 155 g/mol. The van der Waals surface area contributed by atoms with Gasteiger partial charge in [0.25, 0.3) is 0 Å². The minimum atomic E-state index is -4.48. The molecule has 0 aromatic rings. The minimum Gasteiger partial charge on any atom is -0.480 e. The maximum Gasteiger partial charge on any atom is 0.321 e. The Morgan fingerprint density at radius 1 is 1.67 bits per heavy atom. The summed E-state index contributed by atoms with van der Waals surface area (Å²) in [5.41, 5.74) is 0. The summed E-state index contributed by atoms with van der Waals surface area (Å²) in [6, 6.07) is 0. The molecule has 0 bridgehead atoms. The van der Waals surface area contributed by atoms with E-state index in [4.69, 9.17) is 5.11 Å². The Bertz CT molecular complexity index is 193. The second kappa shape index (κ2) is 2.74. The van der Waals surface area contributed by atoms with Crippen molar-refractivity contribution >= 4 is 16.1 Å². The number of carboxylic acids is 1. The molecule has 9 heavy (non-hydrogen) atoms. The van der Waals surface area contributed by atoms with E-state index in [-0.39, 0.29) is 0 Å².